The monoisotopic (exact) mass is 603 g/mol. The second kappa shape index (κ2) is 9.02. The van der Waals surface area contributed by atoms with Gasteiger partial charge >= 0.3 is 0 Å². The molecular weight excluding hydrogens is 590 g/mol. The summed E-state index contributed by atoms with van der Waals surface area (Å²) in [6.07, 6.45) is 1.69. The highest BCUT2D eigenvalue weighted by atomic mass is 79.9. The van der Waals surface area contributed by atoms with E-state index in [9.17, 15) is 9.59 Å². The van der Waals surface area contributed by atoms with Crippen molar-refractivity contribution in [3.05, 3.63) is 105 Å². The Kier molecular flexibility index (Phi) is 6.09. The van der Waals surface area contributed by atoms with Crippen LogP contribution in [0.5, 0.6) is 0 Å². The lowest BCUT2D eigenvalue weighted by atomic mass is 10.0. The summed E-state index contributed by atoms with van der Waals surface area (Å²) in [6.45, 7) is 1.80. The Balaban J connectivity index is 1.65. The molecule has 1 unspecified atom stereocenters. The minimum Gasteiger partial charge on any atom is -0.449 e. The zero-order valence-electron chi connectivity index (χ0n) is 17.0. The van der Waals surface area contributed by atoms with E-state index in [-0.39, 0.29) is 11.5 Å². The average molecular weight is 605 g/mol. The summed E-state index contributed by atoms with van der Waals surface area (Å²) in [4.78, 5) is 33.0. The van der Waals surface area contributed by atoms with Crippen LogP contribution >= 0.6 is 54.5 Å². The van der Waals surface area contributed by atoms with Crippen LogP contribution in [0.3, 0.4) is 0 Å². The molecule has 10 heteroatoms. The van der Waals surface area contributed by atoms with E-state index in [4.69, 9.17) is 4.42 Å². The first-order valence-corrected chi connectivity index (χ1v) is 13.1. The van der Waals surface area contributed by atoms with E-state index >= 15 is 0 Å². The SMILES string of the molecule is CC1=C(C(=O)Nc2ccccc2)C(c2cccs2)n2c(s/c(=C/c3cc(Br)c(Br)o3)c2=O)=N1. The largest absolute Gasteiger partial charge is 0.449 e. The zero-order chi connectivity index (χ0) is 23.1. The molecule has 0 bridgehead atoms. The van der Waals surface area contributed by atoms with Gasteiger partial charge in [-0.3, -0.25) is 14.2 Å². The van der Waals surface area contributed by atoms with Gasteiger partial charge in [0.05, 0.1) is 20.3 Å². The van der Waals surface area contributed by atoms with Crippen molar-refractivity contribution in [2.45, 2.75) is 13.0 Å². The summed E-state index contributed by atoms with van der Waals surface area (Å²) in [7, 11) is 0. The third kappa shape index (κ3) is 4.23. The van der Waals surface area contributed by atoms with Gasteiger partial charge in [-0.2, -0.15) is 0 Å². The minimum atomic E-state index is -0.567. The van der Waals surface area contributed by atoms with Crippen molar-refractivity contribution in [3.8, 4) is 0 Å². The molecule has 6 nitrogen and oxygen atoms in total. The second-order valence-corrected chi connectivity index (χ2v) is 10.8. The van der Waals surface area contributed by atoms with Gasteiger partial charge in [0.25, 0.3) is 11.5 Å². The number of nitrogens with one attached hydrogen (secondary N) is 1. The lowest BCUT2D eigenvalue weighted by Gasteiger charge is -2.24. The maximum absolute atomic E-state index is 13.5. The van der Waals surface area contributed by atoms with Gasteiger partial charge < -0.3 is 9.73 Å². The molecule has 1 aliphatic rings. The Bertz CT molecular complexity index is 1550. The van der Waals surface area contributed by atoms with Crippen LogP contribution in [-0.2, 0) is 4.79 Å². The molecule has 0 saturated carbocycles. The number of benzene rings is 1. The highest BCUT2D eigenvalue weighted by Crippen LogP contribution is 2.33. The number of hydrogen-bond acceptors (Lipinski definition) is 6. The molecule has 1 atom stereocenters. The maximum atomic E-state index is 13.5. The maximum Gasteiger partial charge on any atom is 0.271 e. The van der Waals surface area contributed by atoms with Gasteiger partial charge in [-0.1, -0.05) is 35.6 Å². The number of halogens is 2. The van der Waals surface area contributed by atoms with Crippen molar-refractivity contribution in [3.63, 3.8) is 0 Å². The van der Waals surface area contributed by atoms with Crippen LogP contribution in [0.25, 0.3) is 6.08 Å². The molecule has 5 rings (SSSR count). The van der Waals surface area contributed by atoms with Crippen molar-refractivity contribution in [1.82, 2.24) is 4.57 Å². The molecule has 0 saturated heterocycles. The van der Waals surface area contributed by atoms with E-state index in [0.717, 1.165) is 9.35 Å². The fourth-order valence-electron chi connectivity index (χ4n) is 3.61. The van der Waals surface area contributed by atoms with E-state index in [1.54, 1.807) is 23.6 Å². The third-order valence-electron chi connectivity index (χ3n) is 5.05. The first kappa shape index (κ1) is 22.3. The number of furan rings is 1. The molecule has 4 aromatic rings. The predicted octanol–water partition coefficient (Wildman–Crippen LogP) is 5.05. The molecule has 1 aromatic carbocycles. The van der Waals surface area contributed by atoms with E-state index in [2.05, 4.69) is 42.2 Å². The molecule has 0 spiro atoms. The van der Waals surface area contributed by atoms with Gasteiger partial charge in [-0.15, -0.1) is 11.3 Å². The van der Waals surface area contributed by atoms with Crippen molar-refractivity contribution >= 4 is 72.2 Å². The third-order valence-corrected chi connectivity index (χ3v) is 8.67. The topological polar surface area (TPSA) is 76.6 Å². The van der Waals surface area contributed by atoms with Gasteiger partial charge in [0.15, 0.2) is 9.47 Å². The predicted molar refractivity (Wildman–Crippen MR) is 137 cm³/mol. The molecule has 33 heavy (non-hydrogen) atoms. The molecule has 4 heterocycles. The van der Waals surface area contributed by atoms with Crippen molar-refractivity contribution in [2.75, 3.05) is 5.32 Å². The molecule has 3 aromatic heterocycles. The van der Waals surface area contributed by atoms with Crippen LogP contribution < -0.4 is 20.2 Å². The average Bonchev–Trinajstić information content (AvgIpc) is 3.49. The Morgan fingerprint density at radius 1 is 1.21 bits per heavy atom. The van der Waals surface area contributed by atoms with Crippen LogP contribution in [0.2, 0.25) is 0 Å². The summed E-state index contributed by atoms with van der Waals surface area (Å²) < 4.78 is 9.00. The fraction of sp³-hybridized carbons (Fsp3) is 0.0870. The van der Waals surface area contributed by atoms with E-state index in [1.165, 1.54) is 22.7 Å². The molecule has 1 N–H and O–H groups in total. The van der Waals surface area contributed by atoms with Crippen LogP contribution in [0, 0.1) is 0 Å². The number of rotatable bonds is 4. The van der Waals surface area contributed by atoms with E-state index in [1.807, 2.05) is 47.8 Å². The van der Waals surface area contributed by atoms with Gasteiger partial charge in [-0.25, -0.2) is 4.99 Å². The number of carbonyl (C=O) groups is 1. The first-order valence-electron chi connectivity index (χ1n) is 9.79. The van der Waals surface area contributed by atoms with Crippen LogP contribution in [0.1, 0.15) is 23.6 Å². The summed E-state index contributed by atoms with van der Waals surface area (Å²) in [5.41, 5.74) is 1.49. The Hall–Kier alpha value is -2.53. The number of thiazole rings is 1. The quantitative estimate of drug-likeness (QED) is 0.354. The second-order valence-electron chi connectivity index (χ2n) is 7.19. The number of carbonyl (C=O) groups excluding carboxylic acids is 1. The number of aromatic nitrogens is 1. The first-order chi connectivity index (χ1) is 15.9. The van der Waals surface area contributed by atoms with Crippen molar-refractivity contribution in [1.29, 1.82) is 0 Å². The zero-order valence-corrected chi connectivity index (χ0v) is 21.8. The highest BCUT2D eigenvalue weighted by Gasteiger charge is 2.33. The Morgan fingerprint density at radius 2 is 2.00 bits per heavy atom. The number of para-hydroxylation sites is 1. The summed E-state index contributed by atoms with van der Waals surface area (Å²) in [5, 5.41) is 4.88. The van der Waals surface area contributed by atoms with Crippen LogP contribution in [0.4, 0.5) is 5.69 Å². The number of hydrogen-bond donors (Lipinski definition) is 1. The number of thiophene rings is 1. The number of anilines is 1. The number of fused-ring (bicyclic) bond motifs is 1. The number of nitrogens with zero attached hydrogens (tertiary/aromatic N) is 2. The normalized spacial score (nSPS) is 16.0. The number of amides is 1. The molecule has 1 aliphatic heterocycles. The minimum absolute atomic E-state index is 0.224. The Morgan fingerprint density at radius 3 is 2.67 bits per heavy atom. The standard InChI is InChI=1S/C23H15Br2N3O3S2/c1-12-18(21(29)27-13-6-3-2-4-7-13)19(16-8-5-9-32-16)28-22(30)17(33-23(28)26-12)11-14-10-15(24)20(25)31-14/h2-11,19H,1H3,(H,27,29)/b17-11+. The van der Waals surface area contributed by atoms with Crippen LogP contribution in [0.15, 0.2) is 88.5 Å². The molecule has 0 radical (unpaired) electrons. The lowest BCUT2D eigenvalue weighted by molar-refractivity contribution is -0.113. The van der Waals surface area contributed by atoms with E-state index in [0.29, 0.717) is 36.7 Å². The molecule has 0 fully saturated rings. The van der Waals surface area contributed by atoms with Crippen LogP contribution in [-0.4, -0.2) is 10.5 Å². The van der Waals surface area contributed by atoms with E-state index < -0.39 is 6.04 Å². The molecule has 166 valence electrons. The summed E-state index contributed by atoms with van der Waals surface area (Å²) in [6, 6.07) is 14.3. The molecular formula is C23H15Br2N3O3S2. The van der Waals surface area contributed by atoms with Crippen molar-refractivity contribution < 1.29 is 9.21 Å². The van der Waals surface area contributed by atoms with Gasteiger partial charge in [0.2, 0.25) is 0 Å². The smallest absolute Gasteiger partial charge is 0.271 e. The highest BCUT2D eigenvalue weighted by molar-refractivity contribution is 9.13. The summed E-state index contributed by atoms with van der Waals surface area (Å²) >= 11 is 9.48. The fourth-order valence-corrected chi connectivity index (χ4v) is 6.07. The number of allylic oxidation sites excluding steroid dienone is 1. The van der Waals surface area contributed by atoms with Crippen molar-refractivity contribution in [2.24, 2.45) is 4.99 Å². The van der Waals surface area contributed by atoms with Gasteiger partial charge in [0.1, 0.15) is 11.8 Å². The lowest BCUT2D eigenvalue weighted by Crippen LogP contribution is -2.40. The molecule has 1 amide bonds. The van der Waals surface area contributed by atoms with Gasteiger partial charge in [0, 0.05) is 16.6 Å². The Labute approximate surface area is 212 Å². The summed E-state index contributed by atoms with van der Waals surface area (Å²) in [5.74, 6) is 0.249. The molecule has 0 aliphatic carbocycles. The van der Waals surface area contributed by atoms with Gasteiger partial charge in [-0.05, 0) is 68.4 Å².